The van der Waals surface area contributed by atoms with E-state index in [1.807, 2.05) is 0 Å². The number of thiocarbonyl (C=S) groups is 1. The first-order valence-corrected chi connectivity index (χ1v) is 9.40. The highest BCUT2D eigenvalue weighted by Crippen LogP contribution is 2.22. The van der Waals surface area contributed by atoms with E-state index < -0.39 is 5.92 Å². The first-order valence-electron chi connectivity index (χ1n) is 8.99. The minimum atomic E-state index is -0.454. The van der Waals surface area contributed by atoms with Crippen molar-refractivity contribution in [3.05, 3.63) is 12.2 Å². The van der Waals surface area contributed by atoms with Crippen LogP contribution in [0.25, 0.3) is 0 Å². The van der Waals surface area contributed by atoms with Crippen molar-refractivity contribution in [1.29, 1.82) is 0 Å². The van der Waals surface area contributed by atoms with Crippen LogP contribution in [-0.2, 0) is 9.59 Å². The van der Waals surface area contributed by atoms with E-state index in [-0.39, 0.29) is 17.7 Å². The summed E-state index contributed by atoms with van der Waals surface area (Å²) in [4.78, 5) is 31.5. The second-order valence-corrected chi connectivity index (χ2v) is 7.36. The Morgan fingerprint density at radius 3 is 2.71 bits per heavy atom. The number of nitrogens with one attached hydrogen (secondary N) is 1. The molecule has 1 aliphatic carbocycles. The Morgan fingerprint density at radius 1 is 1.17 bits per heavy atom. The summed E-state index contributed by atoms with van der Waals surface area (Å²) in [6.07, 6.45) is 12.7. The van der Waals surface area contributed by atoms with Gasteiger partial charge in [0.1, 0.15) is 10.9 Å². The largest absolute Gasteiger partial charge is 0.353 e. The monoisotopic (exact) mass is 347 g/mol. The van der Waals surface area contributed by atoms with Crippen LogP contribution in [0.15, 0.2) is 17.1 Å². The summed E-state index contributed by atoms with van der Waals surface area (Å²) < 4.78 is 0. The SMILES string of the molecule is O=C(NC1CCCCC1)C1CCCN(C(=O)C2C=CC=NC2=S)C1. The van der Waals surface area contributed by atoms with Crippen molar-refractivity contribution in [3.8, 4) is 0 Å². The Balaban J connectivity index is 1.56. The lowest BCUT2D eigenvalue weighted by molar-refractivity contribution is -0.136. The number of allylic oxidation sites excluding steroid dienone is 1. The molecule has 2 unspecified atom stereocenters. The second kappa shape index (κ2) is 8.01. The van der Waals surface area contributed by atoms with Gasteiger partial charge in [0.05, 0.1) is 5.92 Å². The number of rotatable bonds is 3. The molecule has 0 aromatic carbocycles. The quantitative estimate of drug-likeness (QED) is 0.797. The molecule has 1 saturated heterocycles. The predicted octanol–water partition coefficient (Wildman–Crippen LogP) is 2.26. The van der Waals surface area contributed by atoms with Gasteiger partial charge < -0.3 is 10.2 Å². The average Bonchev–Trinajstić information content (AvgIpc) is 2.62. The average molecular weight is 347 g/mol. The summed E-state index contributed by atoms with van der Waals surface area (Å²) in [6, 6.07) is 0.320. The normalized spacial score (nSPS) is 28.0. The maximum absolute atomic E-state index is 12.7. The first kappa shape index (κ1) is 17.3. The summed E-state index contributed by atoms with van der Waals surface area (Å²) >= 11 is 5.19. The summed E-state index contributed by atoms with van der Waals surface area (Å²) in [5, 5.41) is 3.20. The number of carbonyl (C=O) groups excluding carboxylic acids is 2. The maximum Gasteiger partial charge on any atom is 0.236 e. The molecule has 1 saturated carbocycles. The van der Waals surface area contributed by atoms with Crippen LogP contribution in [0.4, 0.5) is 0 Å². The molecule has 6 heteroatoms. The zero-order valence-corrected chi connectivity index (χ0v) is 14.8. The van der Waals surface area contributed by atoms with Gasteiger partial charge in [0.25, 0.3) is 0 Å². The molecule has 0 bridgehead atoms. The van der Waals surface area contributed by atoms with Crippen LogP contribution in [0.3, 0.4) is 0 Å². The third-order valence-electron chi connectivity index (χ3n) is 5.18. The highest BCUT2D eigenvalue weighted by molar-refractivity contribution is 7.80. The van der Waals surface area contributed by atoms with Gasteiger partial charge in [0.15, 0.2) is 0 Å². The van der Waals surface area contributed by atoms with Crippen molar-refractivity contribution >= 4 is 35.2 Å². The summed E-state index contributed by atoms with van der Waals surface area (Å²) in [5.74, 6) is -0.470. The molecule has 5 nitrogen and oxygen atoms in total. The van der Waals surface area contributed by atoms with Crippen molar-refractivity contribution in [2.45, 2.75) is 51.0 Å². The number of amides is 2. The fourth-order valence-corrected chi connectivity index (χ4v) is 4.02. The second-order valence-electron chi connectivity index (χ2n) is 6.95. The van der Waals surface area contributed by atoms with Gasteiger partial charge >= 0.3 is 0 Å². The lowest BCUT2D eigenvalue weighted by Gasteiger charge is -2.35. The molecular formula is C18H25N3O2S. The molecule has 130 valence electrons. The fourth-order valence-electron chi connectivity index (χ4n) is 3.78. The third-order valence-corrected chi connectivity index (χ3v) is 5.54. The molecule has 0 aromatic heterocycles. The number of nitrogens with zero attached hydrogens (tertiary/aromatic N) is 2. The molecule has 2 atom stereocenters. The van der Waals surface area contributed by atoms with E-state index in [0.29, 0.717) is 24.1 Å². The van der Waals surface area contributed by atoms with Gasteiger partial charge in [-0.15, -0.1) is 0 Å². The molecular weight excluding hydrogens is 322 g/mol. The van der Waals surface area contributed by atoms with Gasteiger partial charge in [0.2, 0.25) is 11.8 Å². The van der Waals surface area contributed by atoms with Gasteiger partial charge in [-0.2, -0.15) is 0 Å². The summed E-state index contributed by atoms with van der Waals surface area (Å²) in [5.41, 5.74) is 0. The van der Waals surface area contributed by atoms with Crippen LogP contribution in [0.1, 0.15) is 44.9 Å². The number of carbonyl (C=O) groups is 2. The number of hydrogen-bond donors (Lipinski definition) is 1. The molecule has 24 heavy (non-hydrogen) atoms. The first-order chi connectivity index (χ1) is 11.6. The molecule has 2 amide bonds. The van der Waals surface area contributed by atoms with Gasteiger partial charge in [-0.3, -0.25) is 9.59 Å². The van der Waals surface area contributed by atoms with E-state index >= 15 is 0 Å². The van der Waals surface area contributed by atoms with Crippen molar-refractivity contribution in [2.24, 2.45) is 16.8 Å². The molecule has 3 rings (SSSR count). The Bertz CT molecular complexity index is 567. The van der Waals surface area contributed by atoms with E-state index in [9.17, 15) is 9.59 Å². The Hall–Kier alpha value is -1.56. The number of hydrogen-bond acceptors (Lipinski definition) is 3. The van der Waals surface area contributed by atoms with E-state index in [2.05, 4.69) is 10.3 Å². The summed E-state index contributed by atoms with van der Waals surface area (Å²) in [7, 11) is 0. The van der Waals surface area contributed by atoms with Crippen LogP contribution in [0.2, 0.25) is 0 Å². The fraction of sp³-hybridized carbons (Fsp3) is 0.667. The number of likely N-dealkylation sites (tertiary alicyclic amines) is 1. The van der Waals surface area contributed by atoms with E-state index in [1.54, 1.807) is 23.3 Å². The van der Waals surface area contributed by atoms with Crippen LogP contribution in [0, 0.1) is 11.8 Å². The molecule has 2 fully saturated rings. The van der Waals surface area contributed by atoms with Gasteiger partial charge in [-0.25, -0.2) is 4.99 Å². The minimum Gasteiger partial charge on any atom is -0.353 e. The number of aliphatic imine (C=N–C) groups is 1. The van der Waals surface area contributed by atoms with Gasteiger partial charge in [-0.05, 0) is 31.8 Å². The standard InChI is InChI=1S/C18H25N3O2S/c22-16(20-14-7-2-1-3-8-14)13-6-5-11-21(12-13)18(23)15-9-4-10-19-17(15)24/h4,9-10,13-15H,1-3,5-8,11-12H2,(H,20,22). The van der Waals surface area contributed by atoms with Gasteiger partial charge in [0, 0.05) is 25.3 Å². The van der Waals surface area contributed by atoms with Crippen LogP contribution < -0.4 is 5.32 Å². The highest BCUT2D eigenvalue weighted by Gasteiger charge is 2.33. The Kier molecular flexibility index (Phi) is 5.76. The smallest absolute Gasteiger partial charge is 0.236 e. The van der Waals surface area contributed by atoms with Crippen molar-refractivity contribution < 1.29 is 9.59 Å². The highest BCUT2D eigenvalue weighted by atomic mass is 32.1. The topological polar surface area (TPSA) is 61.8 Å². The predicted molar refractivity (Wildman–Crippen MR) is 98.0 cm³/mol. The molecule has 2 aliphatic heterocycles. The zero-order valence-electron chi connectivity index (χ0n) is 13.9. The third kappa shape index (κ3) is 4.09. The lowest BCUT2D eigenvalue weighted by Crippen LogP contribution is -2.49. The number of piperidine rings is 1. The minimum absolute atomic E-state index is 0.0248. The van der Waals surface area contributed by atoms with E-state index in [1.165, 1.54) is 19.3 Å². The van der Waals surface area contributed by atoms with Crippen LogP contribution in [-0.4, -0.2) is 47.0 Å². The van der Waals surface area contributed by atoms with E-state index in [0.717, 1.165) is 25.7 Å². The van der Waals surface area contributed by atoms with Crippen LogP contribution >= 0.6 is 12.2 Å². The molecule has 0 radical (unpaired) electrons. The van der Waals surface area contributed by atoms with Crippen molar-refractivity contribution in [1.82, 2.24) is 10.2 Å². The zero-order chi connectivity index (χ0) is 16.9. The molecule has 0 spiro atoms. The lowest BCUT2D eigenvalue weighted by atomic mass is 9.92. The molecule has 3 aliphatic rings. The van der Waals surface area contributed by atoms with Crippen molar-refractivity contribution in [3.63, 3.8) is 0 Å². The molecule has 2 heterocycles. The Labute approximate surface area is 148 Å². The Morgan fingerprint density at radius 2 is 1.96 bits per heavy atom. The van der Waals surface area contributed by atoms with Crippen molar-refractivity contribution in [2.75, 3.05) is 13.1 Å². The van der Waals surface area contributed by atoms with Crippen LogP contribution in [0.5, 0.6) is 0 Å². The van der Waals surface area contributed by atoms with Gasteiger partial charge in [-0.1, -0.05) is 37.6 Å². The molecule has 0 aromatic rings. The number of dihydropyridines is 1. The molecule has 1 N–H and O–H groups in total. The maximum atomic E-state index is 12.7. The summed E-state index contributed by atoms with van der Waals surface area (Å²) in [6.45, 7) is 1.19. The van der Waals surface area contributed by atoms with E-state index in [4.69, 9.17) is 12.2 Å².